The molecule has 1 aliphatic carbocycles. The molecular weight excluding hydrogens is 482 g/mol. The summed E-state index contributed by atoms with van der Waals surface area (Å²) in [6, 6.07) is 13.4. The molecule has 0 bridgehead atoms. The minimum atomic E-state index is -0.579. The van der Waals surface area contributed by atoms with Gasteiger partial charge in [-0.15, -0.1) is 0 Å². The highest BCUT2D eigenvalue weighted by atomic mass is 16.5. The van der Waals surface area contributed by atoms with E-state index in [4.69, 9.17) is 18.9 Å². The van der Waals surface area contributed by atoms with Crippen LogP contribution < -0.4 is 19.5 Å². The first-order chi connectivity index (χ1) is 18.3. The first-order valence-corrected chi connectivity index (χ1v) is 13.2. The van der Waals surface area contributed by atoms with Crippen LogP contribution >= 0.6 is 0 Å². The topological polar surface area (TPSA) is 83.1 Å². The lowest BCUT2D eigenvalue weighted by Crippen LogP contribution is -2.36. The van der Waals surface area contributed by atoms with Gasteiger partial charge in [-0.3, -0.25) is 4.79 Å². The van der Waals surface area contributed by atoms with Gasteiger partial charge < -0.3 is 24.3 Å². The number of nitrogens with one attached hydrogen (secondary N) is 1. The second kappa shape index (κ2) is 11.8. The summed E-state index contributed by atoms with van der Waals surface area (Å²) >= 11 is 0. The molecule has 0 spiro atoms. The maximum atomic E-state index is 13.9. The van der Waals surface area contributed by atoms with Crippen molar-refractivity contribution in [1.29, 1.82) is 0 Å². The van der Waals surface area contributed by atoms with Crippen LogP contribution in [0.1, 0.15) is 69.9 Å². The smallest absolute Gasteiger partial charge is 0.337 e. The zero-order valence-corrected chi connectivity index (χ0v) is 23.1. The number of carbonyl (C=O) groups excluding carboxylic acids is 2. The monoisotopic (exact) mass is 519 g/mol. The van der Waals surface area contributed by atoms with Gasteiger partial charge in [0.25, 0.3) is 0 Å². The van der Waals surface area contributed by atoms with E-state index in [0.29, 0.717) is 60.0 Å². The Balaban J connectivity index is 1.80. The average molecular weight is 520 g/mol. The SMILES string of the molecule is CCOc1ccccc1[C@@H]1C(C(=O)O[C@H](C)CC)=C(C)NC2=C1C(=O)C[C@@H](c1ccc(OC)c(OC)c1)C2. The van der Waals surface area contributed by atoms with Gasteiger partial charge >= 0.3 is 5.97 Å². The van der Waals surface area contributed by atoms with Gasteiger partial charge in [0.1, 0.15) is 5.75 Å². The molecule has 38 heavy (non-hydrogen) atoms. The van der Waals surface area contributed by atoms with Crippen LogP contribution in [-0.4, -0.2) is 38.7 Å². The predicted octanol–water partition coefficient (Wildman–Crippen LogP) is 5.81. The third-order valence-electron chi connectivity index (χ3n) is 7.34. The summed E-state index contributed by atoms with van der Waals surface area (Å²) in [5.74, 6) is 0.888. The van der Waals surface area contributed by atoms with Crippen LogP contribution in [0.15, 0.2) is 65.0 Å². The number of hydrogen-bond donors (Lipinski definition) is 1. The molecule has 7 nitrogen and oxygen atoms in total. The molecule has 0 aromatic heterocycles. The van der Waals surface area contributed by atoms with Crippen LogP contribution in [-0.2, 0) is 14.3 Å². The molecule has 0 fully saturated rings. The highest BCUT2D eigenvalue weighted by Gasteiger charge is 2.42. The number of methoxy groups -OCH3 is 2. The van der Waals surface area contributed by atoms with E-state index in [-0.39, 0.29) is 17.8 Å². The average Bonchev–Trinajstić information content (AvgIpc) is 2.92. The van der Waals surface area contributed by atoms with Crippen molar-refractivity contribution in [3.05, 3.63) is 76.1 Å². The second-order valence-electron chi connectivity index (χ2n) is 9.73. The summed E-state index contributed by atoms with van der Waals surface area (Å²) in [5.41, 5.74) is 4.37. The van der Waals surface area contributed by atoms with E-state index in [0.717, 1.165) is 16.8 Å². The van der Waals surface area contributed by atoms with Gasteiger partial charge in [-0.1, -0.05) is 31.2 Å². The van der Waals surface area contributed by atoms with Crippen LogP contribution in [0.5, 0.6) is 17.2 Å². The van der Waals surface area contributed by atoms with Crippen LogP contribution in [0.3, 0.4) is 0 Å². The number of dihydropyridines is 1. The van der Waals surface area contributed by atoms with Gasteiger partial charge in [0.05, 0.1) is 38.4 Å². The van der Waals surface area contributed by atoms with E-state index < -0.39 is 11.9 Å². The summed E-state index contributed by atoms with van der Waals surface area (Å²) in [6.07, 6.45) is 1.40. The lowest BCUT2D eigenvalue weighted by atomic mass is 9.71. The van der Waals surface area contributed by atoms with Crippen molar-refractivity contribution in [2.24, 2.45) is 0 Å². The Bertz CT molecular complexity index is 1280. The molecule has 0 radical (unpaired) electrons. The Morgan fingerprint density at radius 2 is 1.76 bits per heavy atom. The summed E-state index contributed by atoms with van der Waals surface area (Å²) in [6.45, 7) is 8.11. The molecule has 1 N–H and O–H groups in total. The zero-order chi connectivity index (χ0) is 27.4. The number of allylic oxidation sites excluding steroid dienone is 3. The fourth-order valence-electron chi connectivity index (χ4n) is 5.30. The van der Waals surface area contributed by atoms with Gasteiger partial charge in [0.15, 0.2) is 17.3 Å². The van der Waals surface area contributed by atoms with Crippen molar-refractivity contribution in [3.63, 3.8) is 0 Å². The van der Waals surface area contributed by atoms with Crippen LogP contribution in [0, 0.1) is 0 Å². The van der Waals surface area contributed by atoms with Crippen molar-refractivity contribution in [2.45, 2.75) is 64.9 Å². The molecule has 3 atom stereocenters. The maximum Gasteiger partial charge on any atom is 0.337 e. The van der Waals surface area contributed by atoms with Gasteiger partial charge in [0, 0.05) is 29.0 Å². The van der Waals surface area contributed by atoms with Crippen molar-refractivity contribution >= 4 is 11.8 Å². The largest absolute Gasteiger partial charge is 0.494 e. The highest BCUT2D eigenvalue weighted by Crippen LogP contribution is 2.48. The predicted molar refractivity (Wildman–Crippen MR) is 146 cm³/mol. The fourth-order valence-corrected chi connectivity index (χ4v) is 5.30. The Kier molecular flexibility index (Phi) is 8.45. The van der Waals surface area contributed by atoms with E-state index in [1.54, 1.807) is 14.2 Å². The van der Waals surface area contributed by atoms with Gasteiger partial charge in [-0.25, -0.2) is 4.79 Å². The highest BCUT2D eigenvalue weighted by molar-refractivity contribution is 6.04. The fraction of sp³-hybridized carbons (Fsp3) is 0.419. The molecule has 1 aliphatic heterocycles. The maximum absolute atomic E-state index is 13.9. The second-order valence-corrected chi connectivity index (χ2v) is 9.73. The number of rotatable bonds is 9. The third kappa shape index (κ3) is 5.28. The lowest BCUT2D eigenvalue weighted by Gasteiger charge is -2.37. The van der Waals surface area contributed by atoms with E-state index >= 15 is 0 Å². The number of ether oxygens (including phenoxy) is 4. The van der Waals surface area contributed by atoms with E-state index in [1.807, 2.05) is 70.2 Å². The Labute approximate surface area is 224 Å². The number of hydrogen-bond acceptors (Lipinski definition) is 7. The number of ketones is 1. The van der Waals surface area contributed by atoms with Crippen molar-refractivity contribution in [3.8, 4) is 17.2 Å². The molecule has 0 saturated carbocycles. The first kappa shape index (κ1) is 27.3. The minimum Gasteiger partial charge on any atom is -0.494 e. The van der Waals surface area contributed by atoms with Gasteiger partial charge in [-0.2, -0.15) is 0 Å². The summed E-state index contributed by atoms with van der Waals surface area (Å²) in [7, 11) is 3.20. The number of Topliss-reactive ketones (excluding diaryl/α,β-unsaturated/α-hetero) is 1. The Hall–Kier alpha value is -3.74. The van der Waals surface area contributed by atoms with Crippen molar-refractivity contribution < 1.29 is 28.5 Å². The number of para-hydroxylation sites is 1. The Morgan fingerprint density at radius 3 is 2.45 bits per heavy atom. The first-order valence-electron chi connectivity index (χ1n) is 13.2. The minimum absolute atomic E-state index is 0.00354. The van der Waals surface area contributed by atoms with Crippen molar-refractivity contribution in [1.82, 2.24) is 5.32 Å². The van der Waals surface area contributed by atoms with E-state index in [2.05, 4.69) is 5.32 Å². The van der Waals surface area contributed by atoms with Gasteiger partial charge in [0.2, 0.25) is 0 Å². The van der Waals surface area contributed by atoms with E-state index in [1.165, 1.54) is 0 Å². The zero-order valence-electron chi connectivity index (χ0n) is 23.1. The van der Waals surface area contributed by atoms with Crippen LogP contribution in [0.2, 0.25) is 0 Å². The molecule has 4 rings (SSSR count). The third-order valence-corrected chi connectivity index (χ3v) is 7.34. The van der Waals surface area contributed by atoms with Gasteiger partial charge in [-0.05, 0) is 63.3 Å². The molecule has 0 amide bonds. The van der Waals surface area contributed by atoms with Crippen LogP contribution in [0.25, 0.3) is 0 Å². The van der Waals surface area contributed by atoms with Crippen molar-refractivity contribution in [2.75, 3.05) is 20.8 Å². The summed E-state index contributed by atoms with van der Waals surface area (Å²) < 4.78 is 22.6. The molecule has 2 aliphatic rings. The summed E-state index contributed by atoms with van der Waals surface area (Å²) in [4.78, 5) is 27.4. The van der Waals surface area contributed by atoms with Crippen LogP contribution in [0.4, 0.5) is 0 Å². The molecular formula is C31H37NO6. The molecule has 0 saturated heterocycles. The molecule has 1 heterocycles. The quantitative estimate of drug-likeness (QED) is 0.419. The lowest BCUT2D eigenvalue weighted by molar-refractivity contribution is -0.144. The Morgan fingerprint density at radius 1 is 1.03 bits per heavy atom. The number of benzene rings is 2. The molecule has 2 aromatic carbocycles. The number of carbonyl (C=O) groups is 2. The molecule has 0 unspecified atom stereocenters. The molecule has 2 aromatic rings. The van der Waals surface area contributed by atoms with E-state index in [9.17, 15) is 9.59 Å². The number of esters is 1. The summed E-state index contributed by atoms with van der Waals surface area (Å²) in [5, 5.41) is 3.41. The normalized spacial score (nSPS) is 19.9. The molecule has 202 valence electrons. The standard InChI is InChI=1S/C31H37NO6/c1-7-18(3)38-31(34)28-19(4)32-23-15-21(20-13-14-26(35-5)27(17-20)36-6)16-24(33)30(23)29(28)22-11-9-10-12-25(22)37-8-2/h9-14,17-18,21,29,32H,7-8,15-16H2,1-6H3/t18-,21+,29-/m1/s1. The molecule has 7 heteroatoms.